The van der Waals surface area contributed by atoms with Gasteiger partial charge in [0.15, 0.2) is 0 Å². The van der Waals surface area contributed by atoms with E-state index in [0.29, 0.717) is 5.56 Å². The van der Waals surface area contributed by atoms with Crippen molar-refractivity contribution >= 4 is 17.5 Å². The van der Waals surface area contributed by atoms with Crippen molar-refractivity contribution in [3.05, 3.63) is 29.3 Å². The second-order valence-electron chi connectivity index (χ2n) is 4.35. The lowest BCUT2D eigenvalue weighted by Gasteiger charge is -2.09. The zero-order valence-corrected chi connectivity index (χ0v) is 9.66. The van der Waals surface area contributed by atoms with E-state index in [0.717, 1.165) is 24.2 Å². The molecule has 0 unspecified atom stereocenters. The summed E-state index contributed by atoms with van der Waals surface area (Å²) in [5, 5.41) is 5.87. The predicted octanol–water partition coefficient (Wildman–Crippen LogP) is -0.186. The number of hydrogen-bond donors (Lipinski definition) is 3. The number of nitrogens with one attached hydrogen (secondary N) is 3. The van der Waals surface area contributed by atoms with Crippen LogP contribution < -0.4 is 16.1 Å². The summed E-state index contributed by atoms with van der Waals surface area (Å²) in [7, 11) is 0. The Morgan fingerprint density at radius 2 is 2.33 bits per heavy atom. The highest BCUT2D eigenvalue weighted by molar-refractivity contribution is 5.98. The highest BCUT2D eigenvalue weighted by atomic mass is 16.7. The molecule has 3 N–H and O–H groups in total. The smallest absolute Gasteiger partial charge is 0.268 e. The molecule has 0 spiro atoms. The lowest BCUT2D eigenvalue weighted by atomic mass is 10.1. The molecule has 3 rings (SSSR count). The fraction of sp³-hybridized carbons (Fsp3) is 0.333. The number of amides is 2. The molecule has 2 aliphatic rings. The number of anilines is 1. The second-order valence-corrected chi connectivity index (χ2v) is 4.35. The number of carbonyl (C=O) groups excluding carboxylic acids is 2. The van der Waals surface area contributed by atoms with Crippen LogP contribution >= 0.6 is 0 Å². The van der Waals surface area contributed by atoms with E-state index in [2.05, 4.69) is 16.1 Å². The minimum Gasteiger partial charge on any atom is -0.384 e. The molecule has 6 nitrogen and oxygen atoms in total. The molecule has 0 aromatic heterocycles. The molecule has 1 saturated heterocycles. The molecule has 1 fully saturated rings. The molecule has 0 aliphatic carbocycles. The first-order valence-electron chi connectivity index (χ1n) is 5.83. The molecule has 18 heavy (non-hydrogen) atoms. The van der Waals surface area contributed by atoms with Crippen molar-refractivity contribution in [2.45, 2.75) is 12.5 Å². The van der Waals surface area contributed by atoms with E-state index in [1.54, 1.807) is 6.07 Å². The number of hydroxylamine groups is 1. The van der Waals surface area contributed by atoms with Crippen LogP contribution in [0.4, 0.5) is 5.69 Å². The first kappa shape index (κ1) is 11.0. The van der Waals surface area contributed by atoms with E-state index >= 15 is 0 Å². The van der Waals surface area contributed by atoms with Gasteiger partial charge in [-0.05, 0) is 30.2 Å². The SMILES string of the molecule is O=C(N[C@@H]1CONC1=O)c1ccc2c(c1)CCN2. The number of fused-ring (bicyclic) bond motifs is 1. The van der Waals surface area contributed by atoms with Crippen LogP contribution in [0.3, 0.4) is 0 Å². The van der Waals surface area contributed by atoms with Crippen molar-refractivity contribution in [3.63, 3.8) is 0 Å². The summed E-state index contributed by atoms with van der Waals surface area (Å²) in [4.78, 5) is 28.0. The van der Waals surface area contributed by atoms with Gasteiger partial charge in [0.2, 0.25) is 0 Å². The van der Waals surface area contributed by atoms with Gasteiger partial charge in [-0.1, -0.05) is 0 Å². The van der Waals surface area contributed by atoms with Crippen LogP contribution in [-0.4, -0.2) is 31.0 Å². The third kappa shape index (κ3) is 1.91. The van der Waals surface area contributed by atoms with E-state index in [1.807, 2.05) is 12.1 Å². The lowest BCUT2D eigenvalue weighted by molar-refractivity contribution is -0.125. The summed E-state index contributed by atoms with van der Waals surface area (Å²) in [6.07, 6.45) is 0.920. The second kappa shape index (κ2) is 4.30. The molecular formula is C12H13N3O3. The van der Waals surface area contributed by atoms with Crippen molar-refractivity contribution in [2.75, 3.05) is 18.5 Å². The third-order valence-corrected chi connectivity index (χ3v) is 3.12. The summed E-state index contributed by atoms with van der Waals surface area (Å²) in [5.74, 6) is -0.568. The molecule has 0 radical (unpaired) electrons. The van der Waals surface area contributed by atoms with Gasteiger partial charge in [0.05, 0.1) is 0 Å². The van der Waals surface area contributed by atoms with Crippen LogP contribution in [0, 0.1) is 0 Å². The zero-order chi connectivity index (χ0) is 12.5. The first-order valence-corrected chi connectivity index (χ1v) is 5.83. The third-order valence-electron chi connectivity index (χ3n) is 3.12. The maximum absolute atomic E-state index is 12.0. The number of carbonyl (C=O) groups is 2. The molecule has 1 aromatic carbocycles. The molecular weight excluding hydrogens is 234 g/mol. The Morgan fingerprint density at radius 1 is 1.44 bits per heavy atom. The van der Waals surface area contributed by atoms with E-state index < -0.39 is 6.04 Å². The van der Waals surface area contributed by atoms with E-state index in [4.69, 9.17) is 4.84 Å². The summed E-state index contributed by atoms with van der Waals surface area (Å²) in [6.45, 7) is 1.07. The van der Waals surface area contributed by atoms with Gasteiger partial charge in [0.1, 0.15) is 12.6 Å². The Labute approximate surface area is 104 Å². The first-order chi connectivity index (χ1) is 8.74. The van der Waals surface area contributed by atoms with Gasteiger partial charge in [-0.25, -0.2) is 5.48 Å². The van der Waals surface area contributed by atoms with Crippen molar-refractivity contribution < 1.29 is 14.4 Å². The predicted molar refractivity (Wildman–Crippen MR) is 64.0 cm³/mol. The molecule has 2 amide bonds. The van der Waals surface area contributed by atoms with Gasteiger partial charge in [-0.15, -0.1) is 0 Å². The molecule has 0 bridgehead atoms. The minimum atomic E-state index is -0.608. The fourth-order valence-electron chi connectivity index (χ4n) is 2.14. The molecule has 6 heteroatoms. The van der Waals surface area contributed by atoms with Crippen molar-refractivity contribution in [2.24, 2.45) is 0 Å². The Morgan fingerprint density at radius 3 is 3.11 bits per heavy atom. The zero-order valence-electron chi connectivity index (χ0n) is 9.66. The molecule has 1 aromatic rings. The van der Waals surface area contributed by atoms with Gasteiger partial charge in [0.25, 0.3) is 11.8 Å². The summed E-state index contributed by atoms with van der Waals surface area (Å²) in [5.41, 5.74) is 4.98. The summed E-state index contributed by atoms with van der Waals surface area (Å²) in [6, 6.07) is 4.89. The monoisotopic (exact) mass is 247 g/mol. The van der Waals surface area contributed by atoms with E-state index in [-0.39, 0.29) is 18.4 Å². The number of hydrogen-bond acceptors (Lipinski definition) is 4. The van der Waals surface area contributed by atoms with Gasteiger partial charge in [-0.3, -0.25) is 14.4 Å². The highest BCUT2D eigenvalue weighted by Crippen LogP contribution is 2.22. The van der Waals surface area contributed by atoms with Crippen molar-refractivity contribution in [1.29, 1.82) is 0 Å². The normalized spacial score (nSPS) is 21.1. The summed E-state index contributed by atoms with van der Waals surface area (Å²) >= 11 is 0. The standard InChI is InChI=1S/C12H13N3O3/c16-11(14-10-6-18-15-12(10)17)8-1-2-9-7(5-8)3-4-13-9/h1-2,5,10,13H,3-4,6H2,(H,14,16)(H,15,17)/t10-/m1/s1. The number of benzene rings is 1. The van der Waals surface area contributed by atoms with Crippen LogP contribution in [0.2, 0.25) is 0 Å². The van der Waals surface area contributed by atoms with Gasteiger partial charge >= 0.3 is 0 Å². The average Bonchev–Trinajstić information content (AvgIpc) is 2.98. The van der Waals surface area contributed by atoms with Crippen molar-refractivity contribution in [1.82, 2.24) is 10.8 Å². The molecule has 1 atom stereocenters. The fourth-order valence-corrected chi connectivity index (χ4v) is 2.14. The minimum absolute atomic E-state index is 0.164. The lowest BCUT2D eigenvalue weighted by Crippen LogP contribution is -2.41. The van der Waals surface area contributed by atoms with Gasteiger partial charge in [0, 0.05) is 17.8 Å². The van der Waals surface area contributed by atoms with Crippen molar-refractivity contribution in [3.8, 4) is 0 Å². The molecule has 94 valence electrons. The van der Waals surface area contributed by atoms with Crippen LogP contribution in [0.5, 0.6) is 0 Å². The maximum atomic E-state index is 12.0. The molecule has 0 saturated carbocycles. The maximum Gasteiger partial charge on any atom is 0.268 e. The quantitative estimate of drug-likeness (QED) is 0.677. The Hall–Kier alpha value is -2.08. The Kier molecular flexibility index (Phi) is 2.64. The molecule has 2 heterocycles. The topological polar surface area (TPSA) is 79.5 Å². The van der Waals surface area contributed by atoms with E-state index in [1.165, 1.54) is 0 Å². The molecule has 2 aliphatic heterocycles. The average molecular weight is 247 g/mol. The Bertz CT molecular complexity index is 515. The largest absolute Gasteiger partial charge is 0.384 e. The van der Waals surface area contributed by atoms with Crippen LogP contribution in [0.1, 0.15) is 15.9 Å². The summed E-state index contributed by atoms with van der Waals surface area (Å²) < 4.78 is 0. The van der Waals surface area contributed by atoms with Crippen LogP contribution in [0.15, 0.2) is 18.2 Å². The number of rotatable bonds is 2. The van der Waals surface area contributed by atoms with E-state index in [9.17, 15) is 9.59 Å². The van der Waals surface area contributed by atoms with Crippen LogP contribution in [0.25, 0.3) is 0 Å². The highest BCUT2D eigenvalue weighted by Gasteiger charge is 2.27. The van der Waals surface area contributed by atoms with Gasteiger partial charge < -0.3 is 10.6 Å². The van der Waals surface area contributed by atoms with Crippen LogP contribution in [-0.2, 0) is 16.1 Å². The Balaban J connectivity index is 1.74. The van der Waals surface area contributed by atoms with Gasteiger partial charge in [-0.2, -0.15) is 0 Å².